The van der Waals surface area contributed by atoms with E-state index in [1.807, 2.05) is 0 Å². The largest absolute Gasteiger partial charge is 0.455 e. The molecule has 0 spiro atoms. The van der Waals surface area contributed by atoms with Crippen LogP contribution in [-0.4, -0.2) is 4.98 Å². The Bertz CT molecular complexity index is 1620. The van der Waals surface area contributed by atoms with E-state index in [0.717, 1.165) is 18.3 Å². The molecule has 0 aliphatic carbocycles. The highest BCUT2D eigenvalue weighted by Crippen LogP contribution is 2.45. The van der Waals surface area contributed by atoms with Gasteiger partial charge in [-0.15, -0.1) is 0 Å². The summed E-state index contributed by atoms with van der Waals surface area (Å²) in [6, 6.07) is 13.3. The van der Waals surface area contributed by atoms with Gasteiger partial charge in [0, 0.05) is 36.1 Å². The van der Waals surface area contributed by atoms with E-state index in [1.54, 1.807) is 30.3 Å². The minimum absolute atomic E-state index is 0.0491. The second-order valence-corrected chi connectivity index (χ2v) is 6.75. The van der Waals surface area contributed by atoms with Gasteiger partial charge in [0.15, 0.2) is 0 Å². The Morgan fingerprint density at radius 3 is 2.48 bits per heavy atom. The molecule has 0 saturated carbocycles. The van der Waals surface area contributed by atoms with Crippen molar-refractivity contribution in [1.82, 2.24) is 4.98 Å². The zero-order chi connectivity index (χ0) is 25.3. The molecule has 0 radical (unpaired) electrons. The standard InChI is InChI=1S/C24H16F3NO/c1-13-10-20(28-12-14(13)2)17-8-5-9-18-21-19(24(25,26)27)11-15-6-3-4-7-16(15)23(21)29-22(17)18/h3-12H,1-2H3/i1D3,2D3. The van der Waals surface area contributed by atoms with E-state index in [4.69, 9.17) is 12.6 Å². The van der Waals surface area contributed by atoms with Gasteiger partial charge in [-0.3, -0.25) is 4.98 Å². The first-order chi connectivity index (χ1) is 16.3. The summed E-state index contributed by atoms with van der Waals surface area (Å²) >= 11 is 0. The lowest BCUT2D eigenvalue weighted by Crippen LogP contribution is -2.05. The number of aryl methyl sites for hydroxylation is 2. The number of rotatable bonds is 1. The minimum Gasteiger partial charge on any atom is -0.455 e. The first-order valence-electron chi connectivity index (χ1n) is 11.7. The Kier molecular flexibility index (Phi) is 2.57. The molecule has 0 unspecified atom stereocenters. The van der Waals surface area contributed by atoms with Crippen LogP contribution in [0.5, 0.6) is 0 Å². The average molecular weight is 397 g/mol. The van der Waals surface area contributed by atoms with E-state index in [2.05, 4.69) is 4.98 Å². The Balaban J connectivity index is 1.87. The fourth-order valence-corrected chi connectivity index (χ4v) is 3.66. The molecule has 5 rings (SSSR count). The van der Waals surface area contributed by atoms with Crippen LogP contribution in [0.4, 0.5) is 13.2 Å². The third kappa shape index (κ3) is 2.69. The van der Waals surface area contributed by atoms with Gasteiger partial charge in [-0.1, -0.05) is 36.4 Å². The van der Waals surface area contributed by atoms with Crippen molar-refractivity contribution in [2.45, 2.75) is 19.9 Å². The summed E-state index contributed by atoms with van der Waals surface area (Å²) in [6.07, 6.45) is -3.68. The second kappa shape index (κ2) is 6.08. The van der Waals surface area contributed by atoms with Crippen LogP contribution in [0, 0.1) is 13.7 Å². The second-order valence-electron chi connectivity index (χ2n) is 6.75. The van der Waals surface area contributed by atoms with Crippen molar-refractivity contribution < 1.29 is 25.8 Å². The lowest BCUT2D eigenvalue weighted by atomic mass is 9.98. The van der Waals surface area contributed by atoms with Crippen LogP contribution in [0.2, 0.25) is 0 Å². The molecule has 0 saturated heterocycles. The van der Waals surface area contributed by atoms with Crippen molar-refractivity contribution in [3.05, 3.63) is 77.5 Å². The van der Waals surface area contributed by atoms with E-state index in [9.17, 15) is 13.2 Å². The molecule has 0 amide bonds. The molecule has 0 fully saturated rings. The maximum Gasteiger partial charge on any atom is 0.417 e. The van der Waals surface area contributed by atoms with Crippen molar-refractivity contribution in [1.29, 1.82) is 0 Å². The zero-order valence-electron chi connectivity index (χ0n) is 20.8. The normalized spacial score (nSPS) is 16.2. The molecule has 3 aromatic carbocycles. The summed E-state index contributed by atoms with van der Waals surface area (Å²) in [7, 11) is 0. The van der Waals surface area contributed by atoms with E-state index < -0.39 is 36.6 Å². The number of aromatic nitrogens is 1. The van der Waals surface area contributed by atoms with Crippen LogP contribution in [0.15, 0.2) is 65.2 Å². The molecular weight excluding hydrogens is 375 g/mol. The predicted molar refractivity (Wildman–Crippen MR) is 109 cm³/mol. The van der Waals surface area contributed by atoms with Crippen LogP contribution in [-0.2, 0) is 6.18 Å². The summed E-state index contributed by atoms with van der Waals surface area (Å²) in [4.78, 5) is 4.15. The number of nitrogens with zero attached hydrogens (tertiary/aromatic N) is 1. The SMILES string of the molecule is [2H]C([2H])([2H])c1cnc(-c2cccc3c2oc2c4ccccc4cc(C(F)(F)F)c32)cc1C([2H])([2H])[2H]. The molecular formula is C24H16F3NO. The Hall–Kier alpha value is -3.34. The molecule has 0 atom stereocenters. The van der Waals surface area contributed by atoms with Gasteiger partial charge in [0.1, 0.15) is 11.2 Å². The highest BCUT2D eigenvalue weighted by molar-refractivity contribution is 6.18. The molecule has 0 aliphatic heterocycles. The highest BCUT2D eigenvalue weighted by atomic mass is 19.4. The van der Waals surface area contributed by atoms with Crippen LogP contribution in [0.3, 0.4) is 0 Å². The van der Waals surface area contributed by atoms with Gasteiger partial charge >= 0.3 is 6.18 Å². The monoisotopic (exact) mass is 397 g/mol. The summed E-state index contributed by atoms with van der Waals surface area (Å²) < 4.78 is 94.5. The number of fused-ring (bicyclic) bond motifs is 5. The molecule has 0 N–H and O–H groups in total. The van der Waals surface area contributed by atoms with Crippen LogP contribution < -0.4 is 0 Å². The number of para-hydroxylation sites is 1. The molecule has 2 aromatic heterocycles. The summed E-state index contributed by atoms with van der Waals surface area (Å²) in [5.41, 5.74) is -1.20. The summed E-state index contributed by atoms with van der Waals surface area (Å²) in [5.74, 6) is 0. The maximum atomic E-state index is 14.0. The fourth-order valence-electron chi connectivity index (χ4n) is 3.66. The third-order valence-electron chi connectivity index (χ3n) is 4.98. The van der Waals surface area contributed by atoms with Gasteiger partial charge in [-0.05, 0) is 48.4 Å². The number of benzene rings is 3. The molecule has 0 aliphatic rings. The molecule has 144 valence electrons. The van der Waals surface area contributed by atoms with Crippen LogP contribution >= 0.6 is 0 Å². The summed E-state index contributed by atoms with van der Waals surface area (Å²) in [6.45, 7) is -5.45. The third-order valence-corrected chi connectivity index (χ3v) is 4.98. The number of pyridine rings is 1. The van der Waals surface area contributed by atoms with Crippen molar-refractivity contribution in [2.75, 3.05) is 0 Å². The quantitative estimate of drug-likeness (QED) is 0.294. The number of furan rings is 1. The molecule has 5 aromatic rings. The Labute approximate surface area is 173 Å². The first-order valence-corrected chi connectivity index (χ1v) is 8.72. The van der Waals surface area contributed by atoms with E-state index in [-0.39, 0.29) is 33.2 Å². The molecule has 0 bridgehead atoms. The number of hydrogen-bond acceptors (Lipinski definition) is 2. The van der Waals surface area contributed by atoms with Crippen LogP contribution in [0.25, 0.3) is 44.0 Å². The average Bonchev–Trinajstić information content (AvgIpc) is 3.16. The van der Waals surface area contributed by atoms with Gasteiger partial charge in [0.05, 0.1) is 11.3 Å². The molecule has 5 heteroatoms. The van der Waals surface area contributed by atoms with Crippen molar-refractivity contribution in [3.63, 3.8) is 0 Å². The van der Waals surface area contributed by atoms with E-state index >= 15 is 0 Å². The van der Waals surface area contributed by atoms with Gasteiger partial charge in [0.25, 0.3) is 0 Å². The molecule has 29 heavy (non-hydrogen) atoms. The smallest absolute Gasteiger partial charge is 0.417 e. The number of hydrogen-bond donors (Lipinski definition) is 0. The molecule has 2 nitrogen and oxygen atoms in total. The van der Waals surface area contributed by atoms with Crippen LogP contribution in [0.1, 0.15) is 24.9 Å². The molecule has 2 heterocycles. The van der Waals surface area contributed by atoms with Gasteiger partial charge < -0.3 is 4.42 Å². The minimum atomic E-state index is -4.65. The van der Waals surface area contributed by atoms with Gasteiger partial charge in [-0.25, -0.2) is 0 Å². The number of halogens is 3. The highest BCUT2D eigenvalue weighted by Gasteiger charge is 2.35. The van der Waals surface area contributed by atoms with Crippen molar-refractivity contribution in [3.8, 4) is 11.3 Å². The lowest BCUT2D eigenvalue weighted by Gasteiger charge is -2.10. The predicted octanol–water partition coefficient (Wildman–Crippen LogP) is 7.44. The van der Waals surface area contributed by atoms with Crippen molar-refractivity contribution in [2.24, 2.45) is 0 Å². The van der Waals surface area contributed by atoms with Crippen molar-refractivity contribution >= 4 is 32.7 Å². The number of alkyl halides is 3. The zero-order valence-corrected chi connectivity index (χ0v) is 14.8. The topological polar surface area (TPSA) is 26.0 Å². The maximum absolute atomic E-state index is 14.0. The lowest BCUT2D eigenvalue weighted by molar-refractivity contribution is -0.136. The van der Waals surface area contributed by atoms with Gasteiger partial charge in [0.2, 0.25) is 0 Å². The van der Waals surface area contributed by atoms with Gasteiger partial charge in [-0.2, -0.15) is 13.2 Å². The summed E-state index contributed by atoms with van der Waals surface area (Å²) in [5, 5.41) is 0.931. The van der Waals surface area contributed by atoms with E-state index in [0.29, 0.717) is 10.8 Å². The van der Waals surface area contributed by atoms with E-state index in [1.165, 1.54) is 12.1 Å². The fraction of sp³-hybridized carbons (Fsp3) is 0.125. The Morgan fingerprint density at radius 1 is 0.897 bits per heavy atom. The Morgan fingerprint density at radius 2 is 1.69 bits per heavy atom. The first kappa shape index (κ1) is 12.3.